The minimum atomic E-state index is 0.529. The normalized spacial score (nSPS) is 12.1. The fourth-order valence-electron chi connectivity index (χ4n) is 2.01. The maximum Gasteiger partial charge on any atom is 0.0349 e. The third-order valence-corrected chi connectivity index (χ3v) is 4.90. The highest BCUT2D eigenvalue weighted by Crippen LogP contribution is 2.30. The lowest BCUT2D eigenvalue weighted by atomic mass is 10.1. The summed E-state index contributed by atoms with van der Waals surface area (Å²) in [6.07, 6.45) is 3.41. The quantitative estimate of drug-likeness (QED) is 0.666. The van der Waals surface area contributed by atoms with Gasteiger partial charge in [0.05, 0.1) is 0 Å². The van der Waals surface area contributed by atoms with E-state index in [2.05, 4.69) is 84.5 Å². The highest BCUT2D eigenvalue weighted by Gasteiger charge is 2.03. The molecule has 3 heteroatoms. The number of rotatable bonds is 6. The Balaban J connectivity index is 2.13. The van der Waals surface area contributed by atoms with Crippen molar-refractivity contribution in [1.82, 2.24) is 5.32 Å². The Morgan fingerprint density at radius 2 is 1.90 bits per heavy atom. The summed E-state index contributed by atoms with van der Waals surface area (Å²) in [6.45, 7) is 7.56. The van der Waals surface area contributed by atoms with Crippen molar-refractivity contribution in [2.75, 3.05) is 6.54 Å². The van der Waals surface area contributed by atoms with E-state index in [1.807, 2.05) is 11.3 Å². The number of thiophene rings is 1. The fourth-order valence-corrected chi connectivity index (χ4v) is 3.28. The van der Waals surface area contributed by atoms with Crippen LogP contribution in [-0.2, 0) is 0 Å². The van der Waals surface area contributed by atoms with Crippen LogP contribution >= 0.6 is 27.3 Å². The molecule has 1 heterocycles. The molecule has 0 unspecified atom stereocenters. The second-order valence-corrected chi connectivity index (χ2v) is 7.43. The summed E-state index contributed by atoms with van der Waals surface area (Å²) < 4.78 is 1.12. The highest BCUT2D eigenvalue weighted by molar-refractivity contribution is 9.10. The van der Waals surface area contributed by atoms with Crippen LogP contribution in [0.1, 0.15) is 32.1 Å². The Hall–Kier alpha value is -0.900. The van der Waals surface area contributed by atoms with Gasteiger partial charge in [0.25, 0.3) is 0 Å². The molecule has 0 aliphatic rings. The molecule has 0 spiro atoms. The first-order valence-corrected chi connectivity index (χ1v) is 8.98. The van der Waals surface area contributed by atoms with Gasteiger partial charge in [-0.3, -0.25) is 0 Å². The van der Waals surface area contributed by atoms with Crippen LogP contribution in [0, 0.1) is 0 Å². The molecule has 0 aliphatic carbocycles. The van der Waals surface area contributed by atoms with Crippen LogP contribution in [0.3, 0.4) is 0 Å². The molecule has 0 saturated heterocycles. The maximum atomic E-state index is 3.49. The molecular weight excluding hydrogens is 342 g/mol. The molecule has 0 saturated carbocycles. The van der Waals surface area contributed by atoms with Gasteiger partial charge in [0, 0.05) is 26.8 Å². The third kappa shape index (κ3) is 5.10. The van der Waals surface area contributed by atoms with E-state index >= 15 is 0 Å². The van der Waals surface area contributed by atoms with Gasteiger partial charge in [0.1, 0.15) is 0 Å². The molecule has 21 heavy (non-hydrogen) atoms. The summed E-state index contributed by atoms with van der Waals surface area (Å²) >= 11 is 5.33. The van der Waals surface area contributed by atoms with Gasteiger partial charge in [-0.2, -0.15) is 0 Å². The zero-order valence-corrected chi connectivity index (χ0v) is 15.2. The van der Waals surface area contributed by atoms with Gasteiger partial charge in [0.2, 0.25) is 0 Å². The average Bonchev–Trinajstić information content (AvgIpc) is 2.92. The van der Waals surface area contributed by atoms with Crippen LogP contribution in [-0.4, -0.2) is 12.6 Å². The molecule has 0 fully saturated rings. The molecule has 1 nitrogen and oxygen atoms in total. The second-order valence-electron chi connectivity index (χ2n) is 5.40. The van der Waals surface area contributed by atoms with E-state index < -0.39 is 0 Å². The molecule has 1 N–H and O–H groups in total. The first kappa shape index (κ1) is 16.5. The lowest BCUT2D eigenvalue weighted by molar-refractivity contribution is 0.617. The maximum absolute atomic E-state index is 3.49. The summed E-state index contributed by atoms with van der Waals surface area (Å²) in [6, 6.07) is 13.5. The standard InChI is InChI=1S/C18H22BrNS/c1-4-14(12-20-13(2)3)11-17-9-10-18(21-17)15-5-7-16(19)8-6-15/h5-11,13,20H,4,12H2,1-3H3. The van der Waals surface area contributed by atoms with Crippen molar-refractivity contribution in [2.45, 2.75) is 33.2 Å². The molecule has 0 atom stereocenters. The monoisotopic (exact) mass is 363 g/mol. The van der Waals surface area contributed by atoms with Crippen LogP contribution in [0.5, 0.6) is 0 Å². The third-order valence-electron chi connectivity index (χ3n) is 3.29. The van der Waals surface area contributed by atoms with Crippen molar-refractivity contribution in [2.24, 2.45) is 0 Å². The summed E-state index contributed by atoms with van der Waals surface area (Å²) in [7, 11) is 0. The molecular formula is C18H22BrNS. The zero-order chi connectivity index (χ0) is 15.2. The lowest BCUT2D eigenvalue weighted by Crippen LogP contribution is -2.24. The second kappa shape index (κ2) is 7.92. The van der Waals surface area contributed by atoms with Gasteiger partial charge < -0.3 is 5.32 Å². The van der Waals surface area contributed by atoms with Gasteiger partial charge >= 0.3 is 0 Å². The first-order valence-electron chi connectivity index (χ1n) is 7.37. The largest absolute Gasteiger partial charge is 0.311 e. The predicted molar refractivity (Wildman–Crippen MR) is 98.9 cm³/mol. The van der Waals surface area contributed by atoms with Crippen LogP contribution in [0.4, 0.5) is 0 Å². The number of hydrogen-bond acceptors (Lipinski definition) is 2. The molecule has 0 bridgehead atoms. The summed E-state index contributed by atoms with van der Waals surface area (Å²) in [5, 5.41) is 3.49. The Kier molecular flexibility index (Phi) is 6.22. The number of benzene rings is 1. The Labute approximate surface area is 140 Å². The molecule has 2 aromatic rings. The molecule has 1 aromatic heterocycles. The topological polar surface area (TPSA) is 12.0 Å². The van der Waals surface area contributed by atoms with Crippen molar-refractivity contribution in [1.29, 1.82) is 0 Å². The fraction of sp³-hybridized carbons (Fsp3) is 0.333. The minimum Gasteiger partial charge on any atom is -0.311 e. The van der Waals surface area contributed by atoms with E-state index in [1.165, 1.54) is 20.9 Å². The van der Waals surface area contributed by atoms with Crippen LogP contribution < -0.4 is 5.32 Å². The average molecular weight is 364 g/mol. The van der Waals surface area contributed by atoms with Gasteiger partial charge in [0.15, 0.2) is 0 Å². The predicted octanol–water partition coefficient (Wildman–Crippen LogP) is 5.97. The highest BCUT2D eigenvalue weighted by atomic mass is 79.9. The smallest absolute Gasteiger partial charge is 0.0349 e. The van der Waals surface area contributed by atoms with Crippen molar-refractivity contribution in [3.8, 4) is 10.4 Å². The van der Waals surface area contributed by atoms with E-state index in [4.69, 9.17) is 0 Å². The van der Waals surface area contributed by atoms with E-state index in [0.717, 1.165) is 17.4 Å². The van der Waals surface area contributed by atoms with E-state index in [-0.39, 0.29) is 0 Å². The molecule has 0 aliphatic heterocycles. The van der Waals surface area contributed by atoms with Crippen LogP contribution in [0.15, 0.2) is 46.4 Å². The van der Waals surface area contributed by atoms with E-state index in [1.54, 1.807) is 0 Å². The van der Waals surface area contributed by atoms with Crippen molar-refractivity contribution >= 4 is 33.3 Å². The lowest BCUT2D eigenvalue weighted by Gasteiger charge is -2.09. The van der Waals surface area contributed by atoms with Crippen molar-refractivity contribution < 1.29 is 0 Å². The minimum absolute atomic E-state index is 0.529. The van der Waals surface area contributed by atoms with Gasteiger partial charge in [-0.05, 0) is 42.3 Å². The number of hydrogen-bond donors (Lipinski definition) is 1. The molecule has 0 radical (unpaired) electrons. The Morgan fingerprint density at radius 1 is 1.19 bits per heavy atom. The zero-order valence-electron chi connectivity index (χ0n) is 12.8. The number of nitrogens with one attached hydrogen (secondary N) is 1. The summed E-state index contributed by atoms with van der Waals surface area (Å²) in [4.78, 5) is 2.65. The molecule has 0 amide bonds. The van der Waals surface area contributed by atoms with Gasteiger partial charge in [-0.1, -0.05) is 54.4 Å². The Bertz CT molecular complexity index is 596. The van der Waals surface area contributed by atoms with E-state index in [0.29, 0.717) is 6.04 Å². The Morgan fingerprint density at radius 3 is 2.52 bits per heavy atom. The van der Waals surface area contributed by atoms with E-state index in [9.17, 15) is 0 Å². The summed E-state index contributed by atoms with van der Waals surface area (Å²) in [5.74, 6) is 0. The first-order chi connectivity index (χ1) is 10.1. The number of halogens is 1. The molecule has 1 aromatic carbocycles. The van der Waals surface area contributed by atoms with Crippen molar-refractivity contribution in [3.63, 3.8) is 0 Å². The summed E-state index contributed by atoms with van der Waals surface area (Å²) in [5.41, 5.74) is 2.73. The van der Waals surface area contributed by atoms with Gasteiger partial charge in [-0.25, -0.2) is 0 Å². The van der Waals surface area contributed by atoms with Crippen molar-refractivity contribution in [3.05, 3.63) is 51.3 Å². The van der Waals surface area contributed by atoms with Gasteiger partial charge in [-0.15, -0.1) is 11.3 Å². The molecule has 2 rings (SSSR count). The van der Waals surface area contributed by atoms with Crippen LogP contribution in [0.2, 0.25) is 0 Å². The van der Waals surface area contributed by atoms with Crippen LogP contribution in [0.25, 0.3) is 16.5 Å². The molecule has 112 valence electrons. The SMILES string of the molecule is CCC(=Cc1ccc(-c2ccc(Br)cc2)s1)CNC(C)C.